The van der Waals surface area contributed by atoms with Crippen LogP contribution < -0.4 is 5.32 Å². The van der Waals surface area contributed by atoms with E-state index < -0.39 is 17.3 Å². The van der Waals surface area contributed by atoms with Crippen LogP contribution in [0.1, 0.15) is 73.6 Å². The van der Waals surface area contributed by atoms with Gasteiger partial charge in [0, 0.05) is 19.1 Å². The number of carbonyl (C=O) groups excluding carboxylic acids is 2. The fourth-order valence-electron chi connectivity index (χ4n) is 2.73. The molecule has 1 rings (SSSR count). The average molecular weight is 342 g/mol. The van der Waals surface area contributed by atoms with Gasteiger partial charge in [-0.15, -0.1) is 0 Å². The number of alkyl carbamates (subject to hydrolysis) is 1. The molecule has 0 aromatic rings. The Hall–Kier alpha value is -1.46. The molecule has 0 aliphatic heterocycles. The standard InChI is InChI=1S/C18H34N2O4/c1-17(2,3)23-15(21)19-12-13-20(14-10-8-7-9-11-14)16(22)24-18(4,5)6/h14H,7-13H2,1-6H3,(H,19,21). The molecule has 0 saturated heterocycles. The molecule has 1 fully saturated rings. The summed E-state index contributed by atoms with van der Waals surface area (Å²) >= 11 is 0. The summed E-state index contributed by atoms with van der Waals surface area (Å²) in [6.45, 7) is 11.8. The molecule has 140 valence electrons. The highest BCUT2D eigenvalue weighted by atomic mass is 16.6. The topological polar surface area (TPSA) is 67.9 Å². The molecule has 0 aromatic carbocycles. The Morgan fingerprint density at radius 2 is 1.50 bits per heavy atom. The van der Waals surface area contributed by atoms with Gasteiger partial charge in [-0.05, 0) is 54.4 Å². The lowest BCUT2D eigenvalue weighted by Gasteiger charge is -2.35. The maximum Gasteiger partial charge on any atom is 0.410 e. The van der Waals surface area contributed by atoms with Crippen molar-refractivity contribution in [3.63, 3.8) is 0 Å². The SMILES string of the molecule is CC(C)(C)OC(=O)NCCN(C(=O)OC(C)(C)C)C1CCCCC1. The number of nitrogens with one attached hydrogen (secondary N) is 1. The van der Waals surface area contributed by atoms with Crippen molar-refractivity contribution >= 4 is 12.2 Å². The Morgan fingerprint density at radius 1 is 0.958 bits per heavy atom. The van der Waals surface area contributed by atoms with Gasteiger partial charge in [-0.25, -0.2) is 9.59 Å². The van der Waals surface area contributed by atoms with Crippen LogP contribution in [-0.2, 0) is 9.47 Å². The molecular weight excluding hydrogens is 308 g/mol. The predicted octanol–water partition coefficient (Wildman–Crippen LogP) is 4.08. The lowest BCUT2D eigenvalue weighted by molar-refractivity contribution is 0.0115. The first-order chi connectivity index (χ1) is 11.0. The summed E-state index contributed by atoms with van der Waals surface area (Å²) in [7, 11) is 0. The van der Waals surface area contributed by atoms with Crippen LogP contribution >= 0.6 is 0 Å². The average Bonchev–Trinajstić information content (AvgIpc) is 2.40. The van der Waals surface area contributed by atoms with Gasteiger partial charge >= 0.3 is 12.2 Å². The van der Waals surface area contributed by atoms with Crippen molar-refractivity contribution in [3.8, 4) is 0 Å². The van der Waals surface area contributed by atoms with Crippen molar-refractivity contribution < 1.29 is 19.1 Å². The zero-order chi connectivity index (χ0) is 18.4. The maximum atomic E-state index is 12.5. The maximum absolute atomic E-state index is 12.5. The summed E-state index contributed by atoms with van der Waals surface area (Å²) in [5.74, 6) is 0. The van der Waals surface area contributed by atoms with Gasteiger partial charge in [0.1, 0.15) is 11.2 Å². The summed E-state index contributed by atoms with van der Waals surface area (Å²) in [6, 6.07) is 0.189. The van der Waals surface area contributed by atoms with E-state index >= 15 is 0 Å². The van der Waals surface area contributed by atoms with Crippen LogP contribution in [0.15, 0.2) is 0 Å². The first-order valence-corrected chi connectivity index (χ1v) is 8.94. The van der Waals surface area contributed by atoms with Crippen molar-refractivity contribution in [3.05, 3.63) is 0 Å². The Balaban J connectivity index is 2.58. The van der Waals surface area contributed by atoms with E-state index in [9.17, 15) is 9.59 Å². The summed E-state index contributed by atoms with van der Waals surface area (Å²) in [5.41, 5.74) is -1.05. The second-order valence-corrected chi connectivity index (χ2v) is 8.39. The van der Waals surface area contributed by atoms with E-state index in [2.05, 4.69) is 5.32 Å². The molecule has 1 aliphatic carbocycles. The molecule has 2 amide bonds. The molecular formula is C18H34N2O4. The fraction of sp³-hybridized carbons (Fsp3) is 0.889. The molecule has 0 atom stereocenters. The van der Waals surface area contributed by atoms with Gasteiger partial charge in [0.15, 0.2) is 0 Å². The normalized spacial score (nSPS) is 16.4. The molecule has 6 heteroatoms. The highest BCUT2D eigenvalue weighted by Gasteiger charge is 2.29. The van der Waals surface area contributed by atoms with Gasteiger partial charge in [0.25, 0.3) is 0 Å². The van der Waals surface area contributed by atoms with Crippen molar-refractivity contribution in [2.75, 3.05) is 13.1 Å². The number of amides is 2. The number of ether oxygens (including phenoxy) is 2. The van der Waals surface area contributed by atoms with Crippen molar-refractivity contribution in [2.24, 2.45) is 0 Å². The number of carbonyl (C=O) groups is 2. The molecule has 0 radical (unpaired) electrons. The molecule has 0 heterocycles. The van der Waals surface area contributed by atoms with E-state index in [4.69, 9.17) is 9.47 Å². The Labute approximate surface area is 146 Å². The van der Waals surface area contributed by atoms with Gasteiger partial charge in [-0.3, -0.25) is 0 Å². The van der Waals surface area contributed by atoms with Crippen molar-refractivity contribution in [1.29, 1.82) is 0 Å². The second kappa shape index (κ2) is 8.58. The van der Waals surface area contributed by atoms with Gasteiger partial charge < -0.3 is 19.7 Å². The smallest absolute Gasteiger partial charge is 0.410 e. The highest BCUT2D eigenvalue weighted by Crippen LogP contribution is 2.24. The van der Waals surface area contributed by atoms with E-state index in [1.54, 1.807) is 4.90 Å². The molecule has 1 N–H and O–H groups in total. The van der Waals surface area contributed by atoms with Crippen LogP contribution in [0.3, 0.4) is 0 Å². The largest absolute Gasteiger partial charge is 0.444 e. The number of rotatable bonds is 4. The molecule has 1 aliphatic rings. The Morgan fingerprint density at radius 3 is 2.00 bits per heavy atom. The molecule has 24 heavy (non-hydrogen) atoms. The number of nitrogens with zero attached hydrogens (tertiary/aromatic N) is 1. The van der Waals surface area contributed by atoms with Gasteiger partial charge in [0.2, 0.25) is 0 Å². The first-order valence-electron chi connectivity index (χ1n) is 8.94. The fourth-order valence-corrected chi connectivity index (χ4v) is 2.73. The summed E-state index contributed by atoms with van der Waals surface area (Å²) in [4.78, 5) is 26.0. The van der Waals surface area contributed by atoms with Crippen LogP contribution in [0, 0.1) is 0 Å². The third-order valence-electron chi connectivity index (χ3n) is 3.66. The van der Waals surface area contributed by atoms with Crippen LogP contribution in [0.4, 0.5) is 9.59 Å². The number of hydrogen-bond donors (Lipinski definition) is 1. The zero-order valence-corrected chi connectivity index (χ0v) is 16.1. The quantitative estimate of drug-likeness (QED) is 0.836. The van der Waals surface area contributed by atoms with E-state index in [0.29, 0.717) is 13.1 Å². The Bertz CT molecular complexity index is 418. The molecule has 1 saturated carbocycles. The second-order valence-electron chi connectivity index (χ2n) is 8.39. The molecule has 0 bridgehead atoms. The molecule has 6 nitrogen and oxygen atoms in total. The van der Waals surface area contributed by atoms with E-state index in [1.165, 1.54) is 6.42 Å². The van der Waals surface area contributed by atoms with Crippen LogP contribution in [0.25, 0.3) is 0 Å². The third kappa shape index (κ3) is 8.41. The number of hydrogen-bond acceptors (Lipinski definition) is 4. The van der Waals surface area contributed by atoms with E-state index in [-0.39, 0.29) is 12.1 Å². The molecule has 0 aromatic heterocycles. The van der Waals surface area contributed by atoms with E-state index in [0.717, 1.165) is 25.7 Å². The first kappa shape index (κ1) is 20.6. The predicted molar refractivity (Wildman–Crippen MR) is 94.0 cm³/mol. The van der Waals surface area contributed by atoms with Crippen molar-refractivity contribution in [2.45, 2.75) is 90.9 Å². The van der Waals surface area contributed by atoms with Crippen molar-refractivity contribution in [1.82, 2.24) is 10.2 Å². The summed E-state index contributed by atoms with van der Waals surface area (Å²) in [6.07, 6.45) is 4.69. The molecule has 0 unspecified atom stereocenters. The zero-order valence-electron chi connectivity index (χ0n) is 16.1. The molecule has 0 spiro atoms. The lowest BCUT2D eigenvalue weighted by Crippen LogP contribution is -2.47. The monoisotopic (exact) mass is 342 g/mol. The highest BCUT2D eigenvalue weighted by molar-refractivity contribution is 5.69. The minimum absolute atomic E-state index is 0.189. The van der Waals surface area contributed by atoms with Crippen LogP contribution in [0.2, 0.25) is 0 Å². The minimum atomic E-state index is -0.529. The lowest BCUT2D eigenvalue weighted by atomic mass is 9.94. The van der Waals surface area contributed by atoms with Crippen LogP contribution in [0.5, 0.6) is 0 Å². The summed E-state index contributed by atoms with van der Waals surface area (Å²) < 4.78 is 10.8. The minimum Gasteiger partial charge on any atom is -0.444 e. The third-order valence-corrected chi connectivity index (χ3v) is 3.66. The summed E-state index contributed by atoms with van der Waals surface area (Å²) in [5, 5.41) is 2.72. The van der Waals surface area contributed by atoms with Crippen LogP contribution in [-0.4, -0.2) is 47.4 Å². The van der Waals surface area contributed by atoms with E-state index in [1.807, 2.05) is 41.5 Å². The van der Waals surface area contributed by atoms with Gasteiger partial charge in [-0.2, -0.15) is 0 Å². The Kier molecular flexibility index (Phi) is 7.36. The van der Waals surface area contributed by atoms with Gasteiger partial charge in [0.05, 0.1) is 0 Å². The van der Waals surface area contributed by atoms with Gasteiger partial charge in [-0.1, -0.05) is 19.3 Å².